The Hall–Kier alpha value is -2.47. The van der Waals surface area contributed by atoms with E-state index in [4.69, 9.17) is 4.74 Å². The summed E-state index contributed by atoms with van der Waals surface area (Å²) in [4.78, 5) is 16.5. The summed E-state index contributed by atoms with van der Waals surface area (Å²) in [6.07, 6.45) is 3.54. The van der Waals surface area contributed by atoms with Crippen LogP contribution in [-0.4, -0.2) is 31.1 Å². The van der Waals surface area contributed by atoms with E-state index < -0.39 is 0 Å². The minimum atomic E-state index is -0.353. The fourth-order valence-corrected chi connectivity index (χ4v) is 2.83. The molecule has 0 bridgehead atoms. The number of anilines is 1. The average molecular weight is 329 g/mol. The summed E-state index contributed by atoms with van der Waals surface area (Å²) in [5.41, 5.74) is 1.55. The van der Waals surface area contributed by atoms with Crippen molar-refractivity contribution in [2.24, 2.45) is 5.92 Å². The fraction of sp³-hybridized carbons (Fsp3) is 0.333. The van der Waals surface area contributed by atoms with Crippen LogP contribution in [-0.2, 0) is 4.79 Å². The summed E-state index contributed by atoms with van der Waals surface area (Å²) in [5.74, 6) is 0.574. The van der Waals surface area contributed by atoms with E-state index in [1.807, 2.05) is 6.07 Å². The number of nitrogens with one attached hydrogen (secondary N) is 2. The Kier molecular flexibility index (Phi) is 5.05. The number of aromatic nitrogens is 1. The van der Waals surface area contributed by atoms with Crippen molar-refractivity contribution in [3.63, 3.8) is 0 Å². The number of benzene rings is 1. The van der Waals surface area contributed by atoms with Gasteiger partial charge in [-0.3, -0.25) is 4.79 Å². The Morgan fingerprint density at radius 1 is 1.38 bits per heavy atom. The van der Waals surface area contributed by atoms with Crippen molar-refractivity contribution in [1.29, 1.82) is 0 Å². The molecular weight excluding hydrogens is 309 g/mol. The Labute approximate surface area is 140 Å². The number of carbonyl (C=O) groups excluding carboxylic acids is 1. The molecular formula is C18H20FN3O2. The molecule has 1 fully saturated rings. The van der Waals surface area contributed by atoms with Gasteiger partial charge in [0.25, 0.3) is 0 Å². The summed E-state index contributed by atoms with van der Waals surface area (Å²) in [5, 5.41) is 6.07. The molecule has 1 unspecified atom stereocenters. The standard InChI is InChI=1S/C18H20FN3O2/c1-24-16-9-14(19)5-6-15(16)12-4-7-17(21-11-12)22-18(23)13-3-2-8-20-10-13/h4-7,9,11,13,20H,2-3,8,10H2,1H3,(H,21,22,23). The molecule has 1 atom stereocenters. The smallest absolute Gasteiger partial charge is 0.229 e. The topological polar surface area (TPSA) is 63.2 Å². The maximum Gasteiger partial charge on any atom is 0.229 e. The number of piperidine rings is 1. The molecule has 126 valence electrons. The number of amides is 1. The molecule has 0 aliphatic carbocycles. The van der Waals surface area contributed by atoms with E-state index >= 15 is 0 Å². The minimum Gasteiger partial charge on any atom is -0.496 e. The second kappa shape index (κ2) is 7.40. The van der Waals surface area contributed by atoms with Crippen LogP contribution in [0, 0.1) is 11.7 Å². The van der Waals surface area contributed by atoms with E-state index in [9.17, 15) is 9.18 Å². The average Bonchev–Trinajstić information content (AvgIpc) is 2.63. The quantitative estimate of drug-likeness (QED) is 0.905. The van der Waals surface area contributed by atoms with Gasteiger partial charge >= 0.3 is 0 Å². The Morgan fingerprint density at radius 3 is 2.92 bits per heavy atom. The molecule has 1 aromatic carbocycles. The summed E-state index contributed by atoms with van der Waals surface area (Å²) in [7, 11) is 1.50. The molecule has 5 nitrogen and oxygen atoms in total. The number of methoxy groups -OCH3 is 1. The van der Waals surface area contributed by atoms with Crippen molar-refractivity contribution in [2.75, 3.05) is 25.5 Å². The Bertz CT molecular complexity index is 713. The van der Waals surface area contributed by atoms with Crippen molar-refractivity contribution in [2.45, 2.75) is 12.8 Å². The lowest BCUT2D eigenvalue weighted by atomic mass is 9.99. The maximum absolute atomic E-state index is 13.3. The second-order valence-electron chi connectivity index (χ2n) is 5.81. The molecule has 2 N–H and O–H groups in total. The first-order chi connectivity index (χ1) is 11.7. The monoisotopic (exact) mass is 329 g/mol. The summed E-state index contributed by atoms with van der Waals surface area (Å²) in [6, 6.07) is 7.94. The van der Waals surface area contributed by atoms with E-state index in [2.05, 4.69) is 15.6 Å². The first-order valence-corrected chi connectivity index (χ1v) is 7.99. The number of ether oxygens (including phenoxy) is 1. The predicted molar refractivity (Wildman–Crippen MR) is 90.4 cm³/mol. The first kappa shape index (κ1) is 16.4. The lowest BCUT2D eigenvalue weighted by molar-refractivity contribution is -0.120. The van der Waals surface area contributed by atoms with Gasteiger partial charge in [-0.25, -0.2) is 9.37 Å². The van der Waals surface area contributed by atoms with Crippen LogP contribution < -0.4 is 15.4 Å². The van der Waals surface area contributed by atoms with Gasteiger partial charge in [0, 0.05) is 29.9 Å². The molecule has 24 heavy (non-hydrogen) atoms. The van der Waals surface area contributed by atoms with Crippen molar-refractivity contribution < 1.29 is 13.9 Å². The minimum absolute atomic E-state index is 0.0122. The molecule has 0 spiro atoms. The molecule has 3 rings (SSSR count). The zero-order valence-electron chi connectivity index (χ0n) is 13.5. The SMILES string of the molecule is COc1cc(F)ccc1-c1ccc(NC(=O)C2CCCNC2)nc1. The molecule has 0 radical (unpaired) electrons. The molecule has 1 aliphatic heterocycles. The van der Waals surface area contributed by atoms with Gasteiger partial charge in [0.05, 0.1) is 13.0 Å². The number of hydrogen-bond donors (Lipinski definition) is 2. The van der Waals surface area contributed by atoms with E-state index in [-0.39, 0.29) is 17.6 Å². The number of rotatable bonds is 4. The third-order valence-corrected chi connectivity index (χ3v) is 4.16. The Morgan fingerprint density at radius 2 is 2.25 bits per heavy atom. The highest BCUT2D eigenvalue weighted by molar-refractivity contribution is 5.92. The largest absolute Gasteiger partial charge is 0.496 e. The van der Waals surface area contributed by atoms with E-state index in [0.717, 1.165) is 30.5 Å². The first-order valence-electron chi connectivity index (χ1n) is 7.99. The van der Waals surface area contributed by atoms with Crippen molar-refractivity contribution in [1.82, 2.24) is 10.3 Å². The summed E-state index contributed by atoms with van der Waals surface area (Å²) >= 11 is 0. The highest BCUT2D eigenvalue weighted by Crippen LogP contribution is 2.30. The van der Waals surface area contributed by atoms with Gasteiger partial charge in [0.1, 0.15) is 17.4 Å². The summed E-state index contributed by atoms with van der Waals surface area (Å²) < 4.78 is 18.5. The third kappa shape index (κ3) is 3.71. The van der Waals surface area contributed by atoms with Crippen LogP contribution in [0.5, 0.6) is 5.75 Å². The van der Waals surface area contributed by atoms with Crippen LogP contribution in [0.1, 0.15) is 12.8 Å². The lowest BCUT2D eigenvalue weighted by Crippen LogP contribution is -2.37. The van der Waals surface area contributed by atoms with Crippen LogP contribution in [0.4, 0.5) is 10.2 Å². The molecule has 1 aromatic heterocycles. The molecule has 1 saturated heterocycles. The molecule has 1 amide bonds. The number of pyridine rings is 1. The van der Waals surface area contributed by atoms with E-state index in [1.165, 1.54) is 19.2 Å². The summed E-state index contributed by atoms with van der Waals surface area (Å²) in [6.45, 7) is 1.67. The normalized spacial score (nSPS) is 17.3. The van der Waals surface area contributed by atoms with Crippen molar-refractivity contribution in [3.05, 3.63) is 42.3 Å². The lowest BCUT2D eigenvalue weighted by Gasteiger charge is -2.21. The highest BCUT2D eigenvalue weighted by atomic mass is 19.1. The maximum atomic E-state index is 13.3. The van der Waals surface area contributed by atoms with Gasteiger partial charge in [-0.15, -0.1) is 0 Å². The number of nitrogens with zero attached hydrogens (tertiary/aromatic N) is 1. The molecule has 1 aliphatic rings. The molecule has 0 saturated carbocycles. The van der Waals surface area contributed by atoms with Gasteiger partial charge < -0.3 is 15.4 Å². The number of carbonyl (C=O) groups is 1. The van der Waals surface area contributed by atoms with Crippen molar-refractivity contribution >= 4 is 11.7 Å². The van der Waals surface area contributed by atoms with E-state index in [0.29, 0.717) is 18.1 Å². The van der Waals surface area contributed by atoms with Crippen LogP contribution >= 0.6 is 0 Å². The van der Waals surface area contributed by atoms with Crippen molar-refractivity contribution in [3.8, 4) is 16.9 Å². The van der Waals surface area contributed by atoms with Crippen LogP contribution in [0.25, 0.3) is 11.1 Å². The predicted octanol–water partition coefficient (Wildman–Crippen LogP) is 2.83. The number of hydrogen-bond acceptors (Lipinski definition) is 4. The van der Waals surface area contributed by atoms with Gasteiger partial charge in [-0.1, -0.05) is 0 Å². The van der Waals surface area contributed by atoms with Gasteiger partial charge in [-0.2, -0.15) is 0 Å². The van der Waals surface area contributed by atoms with Crippen LogP contribution in [0.3, 0.4) is 0 Å². The second-order valence-corrected chi connectivity index (χ2v) is 5.81. The molecule has 2 heterocycles. The zero-order chi connectivity index (χ0) is 16.9. The van der Waals surface area contributed by atoms with Gasteiger partial charge in [0.15, 0.2) is 0 Å². The highest BCUT2D eigenvalue weighted by Gasteiger charge is 2.21. The van der Waals surface area contributed by atoms with Crippen LogP contribution in [0.15, 0.2) is 36.5 Å². The third-order valence-electron chi connectivity index (χ3n) is 4.16. The van der Waals surface area contributed by atoms with Gasteiger partial charge in [0.2, 0.25) is 5.91 Å². The Balaban J connectivity index is 1.72. The zero-order valence-corrected chi connectivity index (χ0v) is 13.5. The fourth-order valence-electron chi connectivity index (χ4n) is 2.83. The molecule has 6 heteroatoms. The van der Waals surface area contributed by atoms with E-state index in [1.54, 1.807) is 18.3 Å². The van der Waals surface area contributed by atoms with Crippen LogP contribution in [0.2, 0.25) is 0 Å². The molecule has 2 aromatic rings. The van der Waals surface area contributed by atoms with Gasteiger partial charge in [-0.05, 0) is 43.7 Å². The number of halogens is 1.